The van der Waals surface area contributed by atoms with E-state index in [0.29, 0.717) is 11.6 Å². The van der Waals surface area contributed by atoms with Crippen LogP contribution in [0, 0.1) is 0 Å². The summed E-state index contributed by atoms with van der Waals surface area (Å²) in [5.41, 5.74) is 1.89. The highest BCUT2D eigenvalue weighted by molar-refractivity contribution is 7.98. The first kappa shape index (κ1) is 9.52. The molecule has 2 aromatic rings. The third kappa shape index (κ3) is 1.39. The van der Waals surface area contributed by atoms with E-state index in [-0.39, 0.29) is 0 Å². The largest absolute Gasteiger partial charge is 0.335 e. The summed E-state index contributed by atoms with van der Waals surface area (Å²) in [5.74, 6) is 0.464. The van der Waals surface area contributed by atoms with Crippen molar-refractivity contribution in [2.75, 3.05) is 6.26 Å². The summed E-state index contributed by atoms with van der Waals surface area (Å²) >= 11 is 1.59. The lowest BCUT2D eigenvalue weighted by Crippen LogP contribution is -1.89. The molecule has 0 atom stereocenters. The van der Waals surface area contributed by atoms with E-state index < -0.39 is 0 Å². The quantitative estimate of drug-likeness (QED) is 0.711. The minimum absolute atomic E-state index is 0.464. The minimum Gasteiger partial charge on any atom is -0.335 e. The smallest absolute Gasteiger partial charge is 0.259 e. The lowest BCUT2D eigenvalue weighted by molar-refractivity contribution is 0.430. The van der Waals surface area contributed by atoms with Crippen molar-refractivity contribution in [1.82, 2.24) is 10.1 Å². The SMILES string of the molecule is CSc1noc2nccc(C(C)C)c12. The predicted octanol–water partition coefficient (Wildman–Crippen LogP) is 3.07. The Hall–Kier alpha value is -1.03. The molecule has 0 spiro atoms. The number of thioether (sulfide) groups is 1. The van der Waals surface area contributed by atoms with E-state index in [1.54, 1.807) is 18.0 Å². The summed E-state index contributed by atoms with van der Waals surface area (Å²) in [6, 6.07) is 2.03. The second kappa shape index (κ2) is 3.61. The number of hydrogen-bond donors (Lipinski definition) is 0. The van der Waals surface area contributed by atoms with Crippen molar-refractivity contribution in [3.8, 4) is 0 Å². The van der Waals surface area contributed by atoms with Crippen LogP contribution >= 0.6 is 11.8 Å². The molecule has 2 rings (SSSR count). The fourth-order valence-electron chi connectivity index (χ4n) is 1.49. The van der Waals surface area contributed by atoms with Crippen LogP contribution in [-0.2, 0) is 0 Å². The Morgan fingerprint density at radius 3 is 2.86 bits per heavy atom. The fourth-order valence-corrected chi connectivity index (χ4v) is 2.01. The molecule has 0 bridgehead atoms. The van der Waals surface area contributed by atoms with Gasteiger partial charge in [0.05, 0.1) is 5.39 Å². The van der Waals surface area contributed by atoms with Crippen LogP contribution in [0.1, 0.15) is 25.3 Å². The van der Waals surface area contributed by atoms with Crippen LogP contribution in [0.25, 0.3) is 11.1 Å². The van der Waals surface area contributed by atoms with Gasteiger partial charge in [-0.3, -0.25) is 0 Å². The molecule has 0 N–H and O–H groups in total. The number of aromatic nitrogens is 2. The van der Waals surface area contributed by atoms with E-state index in [4.69, 9.17) is 4.52 Å². The van der Waals surface area contributed by atoms with Gasteiger partial charge in [-0.25, -0.2) is 4.98 Å². The lowest BCUT2D eigenvalue weighted by atomic mass is 10.0. The third-order valence-electron chi connectivity index (χ3n) is 2.19. The summed E-state index contributed by atoms with van der Waals surface area (Å²) < 4.78 is 5.15. The third-order valence-corrected chi connectivity index (χ3v) is 2.86. The molecule has 0 radical (unpaired) electrons. The maximum Gasteiger partial charge on any atom is 0.259 e. The number of pyridine rings is 1. The standard InChI is InChI=1S/C10H12N2OS/c1-6(2)7-4-5-11-9-8(7)10(14-3)12-13-9/h4-6H,1-3H3. The molecule has 0 saturated carbocycles. The van der Waals surface area contributed by atoms with Gasteiger partial charge >= 0.3 is 0 Å². The van der Waals surface area contributed by atoms with E-state index in [2.05, 4.69) is 24.0 Å². The van der Waals surface area contributed by atoms with Gasteiger partial charge in [-0.05, 0) is 23.8 Å². The molecule has 3 nitrogen and oxygen atoms in total. The topological polar surface area (TPSA) is 38.9 Å². The number of fused-ring (bicyclic) bond motifs is 1. The molecule has 0 aromatic carbocycles. The molecule has 0 unspecified atom stereocenters. The molecule has 0 amide bonds. The zero-order chi connectivity index (χ0) is 10.1. The minimum atomic E-state index is 0.464. The number of hydrogen-bond acceptors (Lipinski definition) is 4. The maximum absolute atomic E-state index is 5.15. The monoisotopic (exact) mass is 208 g/mol. The Morgan fingerprint density at radius 2 is 2.21 bits per heavy atom. The molecule has 74 valence electrons. The van der Waals surface area contributed by atoms with E-state index in [0.717, 1.165) is 10.4 Å². The average Bonchev–Trinajstić information content (AvgIpc) is 2.59. The second-order valence-corrected chi connectivity index (χ2v) is 4.22. The van der Waals surface area contributed by atoms with Gasteiger partial charge in [-0.2, -0.15) is 0 Å². The first-order valence-electron chi connectivity index (χ1n) is 4.52. The molecule has 0 saturated heterocycles. The molecular formula is C10H12N2OS. The molecule has 14 heavy (non-hydrogen) atoms. The van der Waals surface area contributed by atoms with Crippen LogP contribution in [0.2, 0.25) is 0 Å². The molecule has 2 aromatic heterocycles. The molecule has 2 heterocycles. The van der Waals surface area contributed by atoms with Crippen LogP contribution in [-0.4, -0.2) is 16.4 Å². The van der Waals surface area contributed by atoms with Crippen molar-refractivity contribution in [3.63, 3.8) is 0 Å². The second-order valence-electron chi connectivity index (χ2n) is 3.43. The summed E-state index contributed by atoms with van der Waals surface area (Å²) in [6.45, 7) is 4.32. The van der Waals surface area contributed by atoms with Crippen molar-refractivity contribution < 1.29 is 4.52 Å². The van der Waals surface area contributed by atoms with Crippen molar-refractivity contribution >= 4 is 22.9 Å². The fraction of sp³-hybridized carbons (Fsp3) is 0.400. The van der Waals surface area contributed by atoms with Gasteiger partial charge in [0.25, 0.3) is 5.71 Å². The van der Waals surface area contributed by atoms with Crippen molar-refractivity contribution in [2.45, 2.75) is 24.8 Å². The van der Waals surface area contributed by atoms with Crippen molar-refractivity contribution in [2.24, 2.45) is 0 Å². The Kier molecular flexibility index (Phi) is 2.46. The van der Waals surface area contributed by atoms with Crippen molar-refractivity contribution in [1.29, 1.82) is 0 Å². The van der Waals surface area contributed by atoms with Gasteiger partial charge < -0.3 is 4.52 Å². The highest BCUT2D eigenvalue weighted by Crippen LogP contribution is 2.30. The molecular weight excluding hydrogens is 196 g/mol. The van der Waals surface area contributed by atoms with E-state index in [1.807, 2.05) is 12.3 Å². The zero-order valence-corrected chi connectivity index (χ0v) is 9.26. The van der Waals surface area contributed by atoms with Gasteiger partial charge in [0.1, 0.15) is 5.03 Å². The van der Waals surface area contributed by atoms with Crippen LogP contribution in [0.4, 0.5) is 0 Å². The van der Waals surface area contributed by atoms with Gasteiger partial charge in [-0.15, -0.1) is 11.8 Å². The van der Waals surface area contributed by atoms with Gasteiger partial charge in [0.2, 0.25) is 0 Å². The summed E-state index contributed by atoms with van der Waals surface area (Å²) in [4.78, 5) is 4.15. The normalized spacial score (nSPS) is 11.4. The van der Waals surface area contributed by atoms with Crippen LogP contribution in [0.3, 0.4) is 0 Å². The van der Waals surface area contributed by atoms with E-state index in [1.165, 1.54) is 5.56 Å². The van der Waals surface area contributed by atoms with Crippen LogP contribution < -0.4 is 0 Å². The predicted molar refractivity (Wildman–Crippen MR) is 57.7 cm³/mol. The molecule has 0 fully saturated rings. The number of rotatable bonds is 2. The Labute approximate surface area is 86.9 Å². The van der Waals surface area contributed by atoms with Crippen LogP contribution in [0.5, 0.6) is 0 Å². The Morgan fingerprint density at radius 1 is 1.43 bits per heavy atom. The maximum atomic E-state index is 5.15. The van der Waals surface area contributed by atoms with E-state index >= 15 is 0 Å². The average molecular weight is 208 g/mol. The van der Waals surface area contributed by atoms with Crippen molar-refractivity contribution in [3.05, 3.63) is 17.8 Å². The van der Waals surface area contributed by atoms with E-state index in [9.17, 15) is 0 Å². The van der Waals surface area contributed by atoms with Gasteiger partial charge in [0, 0.05) is 6.20 Å². The summed E-state index contributed by atoms with van der Waals surface area (Å²) in [6.07, 6.45) is 3.77. The highest BCUT2D eigenvalue weighted by atomic mass is 32.2. The first-order valence-corrected chi connectivity index (χ1v) is 5.74. The Bertz CT molecular complexity index is 450. The number of nitrogens with zero attached hydrogens (tertiary/aromatic N) is 2. The van der Waals surface area contributed by atoms with Gasteiger partial charge in [-0.1, -0.05) is 19.0 Å². The molecule has 0 aliphatic heterocycles. The molecule has 4 heteroatoms. The van der Waals surface area contributed by atoms with Crippen LogP contribution in [0.15, 0.2) is 21.8 Å². The molecule has 0 aliphatic carbocycles. The molecule has 0 aliphatic rings. The lowest BCUT2D eigenvalue weighted by Gasteiger charge is -2.05. The summed E-state index contributed by atoms with van der Waals surface area (Å²) in [7, 11) is 0. The Balaban J connectivity index is 2.75. The first-order chi connectivity index (χ1) is 6.74. The zero-order valence-electron chi connectivity index (χ0n) is 8.44. The van der Waals surface area contributed by atoms with Gasteiger partial charge in [0.15, 0.2) is 0 Å². The highest BCUT2D eigenvalue weighted by Gasteiger charge is 2.14. The summed E-state index contributed by atoms with van der Waals surface area (Å²) in [5, 5.41) is 5.97.